The second-order valence-corrected chi connectivity index (χ2v) is 7.43. The topological polar surface area (TPSA) is 15.3 Å². The molecule has 1 N–H and O–H groups in total. The summed E-state index contributed by atoms with van der Waals surface area (Å²) in [5, 5.41) is 4.47. The van der Waals surface area contributed by atoms with E-state index in [0.29, 0.717) is 0 Å². The van der Waals surface area contributed by atoms with E-state index in [2.05, 4.69) is 36.2 Å². The minimum absolute atomic E-state index is 0.739. The first kappa shape index (κ1) is 15.2. The molecule has 3 heteroatoms. The number of piperidine rings is 1. The first-order valence-electron chi connectivity index (χ1n) is 8.40. The summed E-state index contributed by atoms with van der Waals surface area (Å²) < 4.78 is 0. The number of hydrogen-bond donors (Lipinski definition) is 1. The maximum Gasteiger partial charge on any atom is 0.0412 e. The largest absolute Gasteiger partial charge is 0.371 e. The molecule has 0 atom stereocenters. The fraction of sp³-hybridized carbons (Fsp3) is 0.667. The van der Waals surface area contributed by atoms with E-state index < -0.39 is 0 Å². The van der Waals surface area contributed by atoms with E-state index in [4.69, 9.17) is 11.6 Å². The summed E-state index contributed by atoms with van der Waals surface area (Å²) in [6.45, 7) is 8.02. The highest BCUT2D eigenvalue weighted by molar-refractivity contribution is 6.30. The summed E-state index contributed by atoms with van der Waals surface area (Å²) in [7, 11) is 0. The van der Waals surface area contributed by atoms with Gasteiger partial charge in [-0.3, -0.25) is 0 Å². The van der Waals surface area contributed by atoms with Crippen molar-refractivity contribution in [3.63, 3.8) is 0 Å². The van der Waals surface area contributed by atoms with Crippen molar-refractivity contribution in [3.8, 4) is 0 Å². The Kier molecular flexibility index (Phi) is 4.75. The highest BCUT2D eigenvalue weighted by Crippen LogP contribution is 2.31. The average molecular weight is 307 g/mol. The third-order valence-electron chi connectivity index (χ3n) is 5.02. The van der Waals surface area contributed by atoms with E-state index >= 15 is 0 Å². The molecular weight excluding hydrogens is 280 g/mol. The van der Waals surface area contributed by atoms with E-state index in [0.717, 1.165) is 29.4 Å². The zero-order valence-corrected chi connectivity index (χ0v) is 14.0. The predicted molar refractivity (Wildman–Crippen MR) is 91.1 cm³/mol. The van der Waals surface area contributed by atoms with Crippen molar-refractivity contribution >= 4 is 17.3 Å². The Morgan fingerprint density at radius 3 is 2.52 bits per heavy atom. The molecule has 21 heavy (non-hydrogen) atoms. The van der Waals surface area contributed by atoms with Crippen LogP contribution in [-0.2, 0) is 6.54 Å². The predicted octanol–water partition coefficient (Wildman–Crippen LogP) is 4.46. The van der Waals surface area contributed by atoms with Crippen molar-refractivity contribution in [2.24, 2.45) is 11.8 Å². The zero-order valence-electron chi connectivity index (χ0n) is 13.2. The number of benzene rings is 1. The van der Waals surface area contributed by atoms with Crippen molar-refractivity contribution in [1.29, 1.82) is 0 Å². The first-order valence-corrected chi connectivity index (χ1v) is 8.78. The van der Waals surface area contributed by atoms with Gasteiger partial charge in [-0.25, -0.2) is 0 Å². The van der Waals surface area contributed by atoms with Gasteiger partial charge in [0.15, 0.2) is 0 Å². The van der Waals surface area contributed by atoms with Crippen LogP contribution >= 0.6 is 11.6 Å². The number of nitrogens with one attached hydrogen (secondary N) is 1. The van der Waals surface area contributed by atoms with Gasteiger partial charge >= 0.3 is 0 Å². The highest BCUT2D eigenvalue weighted by Gasteiger charge is 2.24. The molecule has 0 radical (unpaired) electrons. The van der Waals surface area contributed by atoms with Crippen LogP contribution in [0.3, 0.4) is 0 Å². The molecular formula is C18H27ClN2. The third-order valence-corrected chi connectivity index (χ3v) is 5.26. The minimum Gasteiger partial charge on any atom is -0.371 e. The monoisotopic (exact) mass is 306 g/mol. The molecule has 116 valence electrons. The first-order chi connectivity index (χ1) is 10.1. The highest BCUT2D eigenvalue weighted by atomic mass is 35.5. The van der Waals surface area contributed by atoms with Gasteiger partial charge in [0.2, 0.25) is 0 Å². The fourth-order valence-corrected chi connectivity index (χ4v) is 3.55. The van der Waals surface area contributed by atoms with Crippen LogP contribution in [0.4, 0.5) is 5.69 Å². The Labute approximate surface area is 133 Å². The average Bonchev–Trinajstić information content (AvgIpc) is 3.29. The molecule has 0 amide bonds. The van der Waals surface area contributed by atoms with Gasteiger partial charge in [0, 0.05) is 36.4 Å². The number of rotatable bonds is 5. The Bertz CT molecular complexity index is 474. The molecule has 1 aliphatic heterocycles. The van der Waals surface area contributed by atoms with Crippen LogP contribution in [-0.4, -0.2) is 19.1 Å². The van der Waals surface area contributed by atoms with Crippen LogP contribution in [0.2, 0.25) is 5.02 Å². The van der Waals surface area contributed by atoms with Crippen LogP contribution < -0.4 is 10.2 Å². The number of hydrogen-bond acceptors (Lipinski definition) is 2. The van der Waals surface area contributed by atoms with Crippen molar-refractivity contribution in [2.45, 2.75) is 52.1 Å². The van der Waals surface area contributed by atoms with Crippen LogP contribution in [0, 0.1) is 11.8 Å². The lowest BCUT2D eigenvalue weighted by atomic mass is 9.86. The standard InChI is InChI=1S/C18H27ClN2/c1-13(2)14-7-9-21(10-8-14)18-6-3-16(19)11-15(18)12-20-17-4-5-17/h3,6,11,13-14,17,20H,4-5,7-10,12H2,1-2H3. The van der Waals surface area contributed by atoms with E-state index in [1.54, 1.807) is 0 Å². The van der Waals surface area contributed by atoms with Gasteiger partial charge in [-0.15, -0.1) is 0 Å². The van der Waals surface area contributed by atoms with Gasteiger partial charge in [-0.2, -0.15) is 0 Å². The zero-order chi connectivity index (χ0) is 14.8. The van der Waals surface area contributed by atoms with Crippen molar-refractivity contribution in [1.82, 2.24) is 5.32 Å². The Morgan fingerprint density at radius 2 is 1.90 bits per heavy atom. The van der Waals surface area contributed by atoms with Crippen LogP contribution in [0.25, 0.3) is 0 Å². The summed E-state index contributed by atoms with van der Waals surface area (Å²) in [5.74, 6) is 1.70. The second kappa shape index (κ2) is 6.58. The lowest BCUT2D eigenvalue weighted by molar-refractivity contribution is 0.311. The summed E-state index contributed by atoms with van der Waals surface area (Å²) in [6, 6.07) is 7.12. The van der Waals surface area contributed by atoms with E-state index in [1.165, 1.54) is 50.0 Å². The van der Waals surface area contributed by atoms with Crippen molar-refractivity contribution in [2.75, 3.05) is 18.0 Å². The third kappa shape index (κ3) is 3.92. The fourth-order valence-electron chi connectivity index (χ4n) is 3.35. The molecule has 1 heterocycles. The number of anilines is 1. The smallest absolute Gasteiger partial charge is 0.0412 e. The van der Waals surface area contributed by atoms with Gasteiger partial charge in [0.25, 0.3) is 0 Å². The molecule has 2 fully saturated rings. The Morgan fingerprint density at radius 1 is 1.19 bits per heavy atom. The minimum atomic E-state index is 0.739. The molecule has 3 rings (SSSR count). The second-order valence-electron chi connectivity index (χ2n) is 7.00. The maximum absolute atomic E-state index is 6.21. The summed E-state index contributed by atoms with van der Waals surface area (Å²) in [4.78, 5) is 2.55. The Hall–Kier alpha value is -0.730. The molecule has 2 nitrogen and oxygen atoms in total. The summed E-state index contributed by atoms with van der Waals surface area (Å²) >= 11 is 6.21. The van der Waals surface area contributed by atoms with Crippen LogP contribution in [0.1, 0.15) is 45.1 Å². The lowest BCUT2D eigenvalue weighted by Crippen LogP contribution is -2.36. The van der Waals surface area contributed by atoms with Gasteiger partial charge in [-0.1, -0.05) is 25.4 Å². The van der Waals surface area contributed by atoms with Crippen molar-refractivity contribution in [3.05, 3.63) is 28.8 Å². The van der Waals surface area contributed by atoms with Crippen molar-refractivity contribution < 1.29 is 0 Å². The lowest BCUT2D eigenvalue weighted by Gasteiger charge is -2.36. The molecule has 1 aliphatic carbocycles. The normalized spacial score (nSPS) is 20.3. The van der Waals surface area contributed by atoms with Crippen LogP contribution in [0.15, 0.2) is 18.2 Å². The van der Waals surface area contributed by atoms with E-state index in [-0.39, 0.29) is 0 Å². The molecule has 1 aromatic carbocycles. The van der Waals surface area contributed by atoms with E-state index in [1.807, 2.05) is 6.07 Å². The summed E-state index contributed by atoms with van der Waals surface area (Å²) in [5.41, 5.74) is 2.74. The SMILES string of the molecule is CC(C)C1CCN(c2ccc(Cl)cc2CNC2CC2)CC1. The molecule has 0 unspecified atom stereocenters. The molecule has 0 bridgehead atoms. The molecule has 1 saturated heterocycles. The molecule has 1 aromatic rings. The van der Waals surface area contributed by atoms with E-state index in [9.17, 15) is 0 Å². The molecule has 1 saturated carbocycles. The Balaban J connectivity index is 1.68. The number of halogens is 1. The van der Waals surface area contributed by atoms with Gasteiger partial charge in [0.1, 0.15) is 0 Å². The quantitative estimate of drug-likeness (QED) is 0.863. The molecule has 2 aliphatic rings. The summed E-state index contributed by atoms with van der Waals surface area (Å²) in [6.07, 6.45) is 5.29. The molecule has 0 spiro atoms. The van der Waals surface area contributed by atoms with Gasteiger partial charge in [-0.05, 0) is 61.3 Å². The van der Waals surface area contributed by atoms with Gasteiger partial charge in [0.05, 0.1) is 0 Å². The maximum atomic E-state index is 6.21. The van der Waals surface area contributed by atoms with Crippen LogP contribution in [0.5, 0.6) is 0 Å². The van der Waals surface area contributed by atoms with Gasteiger partial charge < -0.3 is 10.2 Å². The molecule has 0 aromatic heterocycles. The number of nitrogens with zero attached hydrogens (tertiary/aromatic N) is 1.